The Labute approximate surface area is 213 Å². The first-order chi connectivity index (χ1) is 16.5. The maximum absolute atomic E-state index is 13.9. The topological polar surface area (TPSA) is 46.9 Å². The molecule has 1 fully saturated rings. The van der Waals surface area contributed by atoms with Crippen LogP contribution in [0.2, 0.25) is 15.1 Å². The van der Waals surface area contributed by atoms with E-state index >= 15 is 0 Å². The molecule has 1 aromatic heterocycles. The number of halogens is 3. The molecule has 1 aliphatic carbocycles. The molecule has 1 saturated carbocycles. The van der Waals surface area contributed by atoms with Gasteiger partial charge in [0.2, 0.25) is 5.91 Å². The molecule has 1 unspecified atom stereocenters. The van der Waals surface area contributed by atoms with E-state index in [1.807, 2.05) is 59.2 Å². The molecule has 0 radical (unpaired) electrons. The number of fused-ring (bicyclic) bond motifs is 1. The number of para-hydroxylation sites is 2. The van der Waals surface area contributed by atoms with Gasteiger partial charge < -0.3 is 9.88 Å². The van der Waals surface area contributed by atoms with Crippen LogP contribution in [0.25, 0.3) is 22.4 Å². The van der Waals surface area contributed by atoms with E-state index in [1.54, 1.807) is 12.1 Å². The first-order valence-corrected chi connectivity index (χ1v) is 12.6. The molecule has 4 nitrogen and oxygen atoms in total. The van der Waals surface area contributed by atoms with Gasteiger partial charge in [-0.1, -0.05) is 72.3 Å². The minimum atomic E-state index is -0.672. The van der Waals surface area contributed by atoms with Gasteiger partial charge in [0.15, 0.2) is 0 Å². The molecule has 174 valence electrons. The second-order valence-corrected chi connectivity index (χ2v) is 9.97. The van der Waals surface area contributed by atoms with Gasteiger partial charge in [0.25, 0.3) is 0 Å². The van der Waals surface area contributed by atoms with Gasteiger partial charge in [0, 0.05) is 16.6 Å². The summed E-state index contributed by atoms with van der Waals surface area (Å²) >= 11 is 18.8. The number of carbonyl (C=O) groups excluding carboxylic acids is 1. The molecule has 1 aliphatic rings. The third-order valence-electron chi connectivity index (χ3n) is 6.42. The van der Waals surface area contributed by atoms with E-state index in [-0.39, 0.29) is 11.9 Å². The Hall–Kier alpha value is -2.53. The van der Waals surface area contributed by atoms with E-state index in [2.05, 4.69) is 5.32 Å². The highest BCUT2D eigenvalue weighted by atomic mass is 35.5. The summed E-state index contributed by atoms with van der Waals surface area (Å²) in [6.07, 6.45) is 5.47. The molecule has 7 heteroatoms. The van der Waals surface area contributed by atoms with Crippen LogP contribution < -0.4 is 5.32 Å². The SMILES string of the molecule is O=C(NC1CCCCC1)C(c1ccc(Cl)c(Cl)c1)n1c(-c2ccc(Cl)cc2)nc2ccccc21. The number of nitrogens with zero attached hydrogens (tertiary/aromatic N) is 2. The molecule has 0 aliphatic heterocycles. The quantitative estimate of drug-likeness (QED) is 0.298. The highest BCUT2D eigenvalue weighted by Gasteiger charge is 2.30. The van der Waals surface area contributed by atoms with Crippen molar-refractivity contribution in [3.05, 3.63) is 87.4 Å². The number of benzene rings is 3. The molecule has 1 atom stereocenters. The summed E-state index contributed by atoms with van der Waals surface area (Å²) in [6.45, 7) is 0. The summed E-state index contributed by atoms with van der Waals surface area (Å²) in [6, 6.07) is 20.2. The van der Waals surface area contributed by atoms with Gasteiger partial charge in [0.05, 0.1) is 21.1 Å². The summed E-state index contributed by atoms with van der Waals surface area (Å²) in [5.74, 6) is 0.608. The molecular formula is C27H24Cl3N3O. The molecular weight excluding hydrogens is 489 g/mol. The van der Waals surface area contributed by atoms with Crippen molar-refractivity contribution < 1.29 is 4.79 Å². The summed E-state index contributed by atoms with van der Waals surface area (Å²) in [7, 11) is 0. The van der Waals surface area contributed by atoms with Crippen LogP contribution >= 0.6 is 34.8 Å². The summed E-state index contributed by atoms with van der Waals surface area (Å²) in [5.41, 5.74) is 3.29. The molecule has 4 aromatic rings. The van der Waals surface area contributed by atoms with E-state index in [1.165, 1.54) is 6.42 Å². The van der Waals surface area contributed by atoms with E-state index in [9.17, 15) is 4.79 Å². The standard InChI is InChI=1S/C27H24Cl3N3O/c28-19-13-10-17(11-14-19)26-32-23-8-4-5-9-24(23)33(26)25(18-12-15-21(29)22(30)16-18)27(34)31-20-6-2-1-3-7-20/h4-5,8-16,20,25H,1-3,6-7H2,(H,31,34). The van der Waals surface area contributed by atoms with Crippen LogP contribution in [0.15, 0.2) is 66.7 Å². The third kappa shape index (κ3) is 4.68. The van der Waals surface area contributed by atoms with E-state index in [0.29, 0.717) is 20.9 Å². The molecule has 34 heavy (non-hydrogen) atoms. The third-order valence-corrected chi connectivity index (χ3v) is 7.41. The maximum Gasteiger partial charge on any atom is 0.248 e. The second-order valence-electron chi connectivity index (χ2n) is 8.72. The number of carbonyl (C=O) groups is 1. The van der Waals surface area contributed by atoms with Gasteiger partial charge in [-0.3, -0.25) is 4.79 Å². The molecule has 5 rings (SSSR count). The fraction of sp³-hybridized carbons (Fsp3) is 0.259. The van der Waals surface area contributed by atoms with Crippen LogP contribution in [0, 0.1) is 0 Å². The summed E-state index contributed by atoms with van der Waals surface area (Å²) in [5, 5.41) is 4.81. The Bertz CT molecular complexity index is 1330. The van der Waals surface area contributed by atoms with Crippen molar-refractivity contribution in [2.24, 2.45) is 0 Å². The van der Waals surface area contributed by atoms with Crippen LogP contribution in [0.1, 0.15) is 43.7 Å². The second kappa shape index (κ2) is 9.99. The number of imidazole rings is 1. The zero-order valence-electron chi connectivity index (χ0n) is 18.5. The minimum absolute atomic E-state index is 0.0799. The Morgan fingerprint density at radius 1 is 0.912 bits per heavy atom. The van der Waals surface area contributed by atoms with Crippen molar-refractivity contribution in [1.29, 1.82) is 0 Å². The average Bonchev–Trinajstić information content (AvgIpc) is 3.22. The lowest BCUT2D eigenvalue weighted by Gasteiger charge is -2.27. The van der Waals surface area contributed by atoms with Crippen LogP contribution in [0.4, 0.5) is 0 Å². The van der Waals surface area contributed by atoms with Crippen LogP contribution in [-0.4, -0.2) is 21.5 Å². The molecule has 3 aromatic carbocycles. The molecule has 0 bridgehead atoms. The van der Waals surface area contributed by atoms with Crippen molar-refractivity contribution in [2.75, 3.05) is 0 Å². The van der Waals surface area contributed by atoms with Gasteiger partial charge in [-0.05, 0) is 66.9 Å². The summed E-state index contributed by atoms with van der Waals surface area (Å²) in [4.78, 5) is 18.8. The van der Waals surface area contributed by atoms with Crippen LogP contribution in [0.5, 0.6) is 0 Å². The predicted octanol–water partition coefficient (Wildman–Crippen LogP) is 7.70. The zero-order chi connectivity index (χ0) is 23.7. The van der Waals surface area contributed by atoms with Crippen molar-refractivity contribution in [3.63, 3.8) is 0 Å². The first-order valence-electron chi connectivity index (χ1n) is 11.5. The molecule has 0 saturated heterocycles. The number of nitrogens with one attached hydrogen (secondary N) is 1. The lowest BCUT2D eigenvalue weighted by atomic mass is 9.94. The Morgan fingerprint density at radius 3 is 2.38 bits per heavy atom. The zero-order valence-corrected chi connectivity index (χ0v) is 20.7. The van der Waals surface area contributed by atoms with Gasteiger partial charge in [-0.15, -0.1) is 0 Å². The minimum Gasteiger partial charge on any atom is -0.351 e. The Kier molecular flexibility index (Phi) is 6.82. The average molecular weight is 513 g/mol. The maximum atomic E-state index is 13.9. The van der Waals surface area contributed by atoms with E-state index < -0.39 is 6.04 Å². The number of rotatable bonds is 5. The fourth-order valence-electron chi connectivity index (χ4n) is 4.74. The van der Waals surface area contributed by atoms with Crippen LogP contribution in [0.3, 0.4) is 0 Å². The smallest absolute Gasteiger partial charge is 0.248 e. The number of aromatic nitrogens is 2. The van der Waals surface area contributed by atoms with Gasteiger partial charge in [0.1, 0.15) is 11.9 Å². The normalized spacial score (nSPS) is 15.4. The van der Waals surface area contributed by atoms with E-state index in [4.69, 9.17) is 39.8 Å². The number of hydrogen-bond acceptors (Lipinski definition) is 2. The largest absolute Gasteiger partial charge is 0.351 e. The number of amides is 1. The lowest BCUT2D eigenvalue weighted by Crippen LogP contribution is -2.41. The predicted molar refractivity (Wildman–Crippen MR) is 140 cm³/mol. The molecule has 0 spiro atoms. The summed E-state index contributed by atoms with van der Waals surface area (Å²) < 4.78 is 2.00. The van der Waals surface area contributed by atoms with Crippen LogP contribution in [-0.2, 0) is 4.79 Å². The van der Waals surface area contributed by atoms with Crippen molar-refractivity contribution in [2.45, 2.75) is 44.2 Å². The van der Waals surface area contributed by atoms with E-state index in [0.717, 1.165) is 47.8 Å². The fourth-order valence-corrected chi connectivity index (χ4v) is 5.17. The Morgan fingerprint density at radius 2 is 1.65 bits per heavy atom. The molecule has 1 amide bonds. The van der Waals surface area contributed by atoms with Gasteiger partial charge >= 0.3 is 0 Å². The number of hydrogen-bond donors (Lipinski definition) is 1. The molecule has 1 N–H and O–H groups in total. The van der Waals surface area contributed by atoms with Crippen molar-refractivity contribution >= 4 is 51.7 Å². The highest BCUT2D eigenvalue weighted by molar-refractivity contribution is 6.42. The monoisotopic (exact) mass is 511 g/mol. The highest BCUT2D eigenvalue weighted by Crippen LogP contribution is 2.35. The van der Waals surface area contributed by atoms with Crippen molar-refractivity contribution in [1.82, 2.24) is 14.9 Å². The van der Waals surface area contributed by atoms with Gasteiger partial charge in [-0.25, -0.2) is 4.98 Å². The molecule has 1 heterocycles. The van der Waals surface area contributed by atoms with Gasteiger partial charge in [-0.2, -0.15) is 0 Å². The first kappa shape index (κ1) is 23.2. The van der Waals surface area contributed by atoms with Crippen molar-refractivity contribution in [3.8, 4) is 11.4 Å². The lowest BCUT2D eigenvalue weighted by molar-refractivity contribution is -0.124. The Balaban J connectivity index is 1.69.